The van der Waals surface area contributed by atoms with Crippen LogP contribution in [0.4, 0.5) is 0 Å². The van der Waals surface area contributed by atoms with E-state index < -0.39 is 0 Å². The zero-order valence-corrected chi connectivity index (χ0v) is 13.8. The lowest BCUT2D eigenvalue weighted by molar-refractivity contribution is -0.145. The highest BCUT2D eigenvalue weighted by atomic mass is 16.6. The number of ether oxygens (including phenoxy) is 2. The predicted octanol–water partition coefficient (Wildman–Crippen LogP) is 2.43. The summed E-state index contributed by atoms with van der Waals surface area (Å²) in [4.78, 5) is 23.3. The van der Waals surface area contributed by atoms with Crippen LogP contribution in [-0.2, 0) is 19.1 Å². The highest BCUT2D eigenvalue weighted by Crippen LogP contribution is 2.39. The summed E-state index contributed by atoms with van der Waals surface area (Å²) in [5.41, 5.74) is 0. The highest BCUT2D eigenvalue weighted by molar-refractivity contribution is 5.78. The molecule has 22 heavy (non-hydrogen) atoms. The predicted molar refractivity (Wildman–Crippen MR) is 83.3 cm³/mol. The molecule has 1 aliphatic heterocycles. The molecule has 2 rings (SSSR count). The van der Waals surface area contributed by atoms with Crippen molar-refractivity contribution in [2.75, 3.05) is 13.2 Å². The van der Waals surface area contributed by atoms with Crippen LogP contribution >= 0.6 is 0 Å². The largest absolute Gasteiger partial charge is 0.465 e. The molecular formula is C17H29NO4. The van der Waals surface area contributed by atoms with Gasteiger partial charge in [-0.05, 0) is 44.4 Å². The standard InChI is InChI=1S/C17H29NO4/c1-3-12(2)17(20)18-9-5-4-6-16(19)21-11-13-7-8-14-15(10-13)22-14/h12-15H,3-11H2,1-2H3,(H,18,20). The Morgan fingerprint density at radius 3 is 2.82 bits per heavy atom. The number of nitrogens with one attached hydrogen (secondary N) is 1. The number of amides is 1. The molecular weight excluding hydrogens is 282 g/mol. The molecule has 2 aliphatic rings. The molecule has 1 amide bonds. The van der Waals surface area contributed by atoms with Crippen LogP contribution in [0, 0.1) is 11.8 Å². The number of carbonyl (C=O) groups is 2. The molecule has 1 heterocycles. The van der Waals surface area contributed by atoms with Crippen molar-refractivity contribution in [2.24, 2.45) is 11.8 Å². The van der Waals surface area contributed by atoms with Gasteiger partial charge in [0.15, 0.2) is 0 Å². The molecule has 2 fully saturated rings. The Labute approximate surface area is 133 Å². The summed E-state index contributed by atoms with van der Waals surface area (Å²) in [5, 5.41) is 2.90. The van der Waals surface area contributed by atoms with E-state index in [-0.39, 0.29) is 17.8 Å². The fourth-order valence-corrected chi connectivity index (χ4v) is 2.89. The Kier molecular flexibility index (Phi) is 6.68. The van der Waals surface area contributed by atoms with Crippen LogP contribution in [0.3, 0.4) is 0 Å². The van der Waals surface area contributed by atoms with Crippen molar-refractivity contribution in [3.8, 4) is 0 Å². The summed E-state index contributed by atoms with van der Waals surface area (Å²) in [7, 11) is 0. The van der Waals surface area contributed by atoms with Gasteiger partial charge in [0.2, 0.25) is 5.91 Å². The van der Waals surface area contributed by atoms with Gasteiger partial charge in [0.25, 0.3) is 0 Å². The second kappa shape index (κ2) is 8.51. The molecule has 1 N–H and O–H groups in total. The molecule has 0 aromatic carbocycles. The van der Waals surface area contributed by atoms with Gasteiger partial charge in [0.1, 0.15) is 0 Å². The fourth-order valence-electron chi connectivity index (χ4n) is 2.89. The van der Waals surface area contributed by atoms with Crippen molar-refractivity contribution >= 4 is 11.9 Å². The fraction of sp³-hybridized carbons (Fsp3) is 0.882. The van der Waals surface area contributed by atoms with Crippen LogP contribution in [0.25, 0.3) is 0 Å². The third kappa shape index (κ3) is 5.59. The minimum Gasteiger partial charge on any atom is -0.465 e. The van der Waals surface area contributed by atoms with E-state index in [0.29, 0.717) is 37.7 Å². The van der Waals surface area contributed by atoms with Crippen LogP contribution in [0.5, 0.6) is 0 Å². The van der Waals surface area contributed by atoms with Crippen LogP contribution in [-0.4, -0.2) is 37.2 Å². The number of rotatable bonds is 9. The lowest BCUT2D eigenvalue weighted by Gasteiger charge is -2.18. The maximum absolute atomic E-state index is 11.7. The molecule has 0 spiro atoms. The van der Waals surface area contributed by atoms with Crippen molar-refractivity contribution in [1.82, 2.24) is 5.32 Å². The summed E-state index contributed by atoms with van der Waals surface area (Å²) in [6.45, 7) is 5.10. The third-order valence-corrected chi connectivity index (χ3v) is 4.76. The van der Waals surface area contributed by atoms with Gasteiger partial charge in [-0.15, -0.1) is 0 Å². The van der Waals surface area contributed by atoms with Crippen molar-refractivity contribution in [1.29, 1.82) is 0 Å². The quantitative estimate of drug-likeness (QED) is 0.403. The lowest BCUT2D eigenvalue weighted by atomic mass is 9.90. The van der Waals surface area contributed by atoms with E-state index in [9.17, 15) is 9.59 Å². The third-order valence-electron chi connectivity index (χ3n) is 4.76. The van der Waals surface area contributed by atoms with Gasteiger partial charge in [-0.25, -0.2) is 0 Å². The summed E-state index contributed by atoms with van der Waals surface area (Å²) in [6, 6.07) is 0. The zero-order chi connectivity index (χ0) is 15.9. The van der Waals surface area contributed by atoms with Crippen molar-refractivity contribution < 1.29 is 19.1 Å². The summed E-state index contributed by atoms with van der Waals surface area (Å²) < 4.78 is 10.8. The maximum Gasteiger partial charge on any atom is 0.305 e. The molecule has 0 radical (unpaired) electrons. The van der Waals surface area contributed by atoms with E-state index in [0.717, 1.165) is 38.5 Å². The van der Waals surface area contributed by atoms with E-state index in [2.05, 4.69) is 5.32 Å². The molecule has 0 aromatic rings. The van der Waals surface area contributed by atoms with Crippen LogP contribution in [0.2, 0.25) is 0 Å². The first-order chi connectivity index (χ1) is 10.6. The van der Waals surface area contributed by atoms with E-state index in [1.165, 1.54) is 0 Å². The van der Waals surface area contributed by atoms with E-state index in [1.807, 2.05) is 13.8 Å². The molecule has 126 valence electrons. The number of epoxide rings is 1. The maximum atomic E-state index is 11.7. The molecule has 1 aliphatic carbocycles. The van der Waals surface area contributed by atoms with Gasteiger partial charge in [0, 0.05) is 18.9 Å². The summed E-state index contributed by atoms with van der Waals surface area (Å²) >= 11 is 0. The average molecular weight is 311 g/mol. The summed E-state index contributed by atoms with van der Waals surface area (Å²) in [6.07, 6.45) is 7.07. The smallest absolute Gasteiger partial charge is 0.305 e. The first kappa shape index (κ1) is 17.3. The Balaban J connectivity index is 1.45. The van der Waals surface area contributed by atoms with Gasteiger partial charge in [-0.1, -0.05) is 13.8 Å². The van der Waals surface area contributed by atoms with Crippen molar-refractivity contribution in [2.45, 2.75) is 71.0 Å². The minimum atomic E-state index is -0.118. The monoisotopic (exact) mass is 311 g/mol. The van der Waals surface area contributed by atoms with Gasteiger partial charge in [-0.2, -0.15) is 0 Å². The number of fused-ring (bicyclic) bond motifs is 1. The topological polar surface area (TPSA) is 67.9 Å². The Morgan fingerprint density at radius 1 is 1.27 bits per heavy atom. The van der Waals surface area contributed by atoms with Gasteiger partial charge in [0.05, 0.1) is 18.8 Å². The normalized spacial score (nSPS) is 27.6. The van der Waals surface area contributed by atoms with Crippen molar-refractivity contribution in [3.63, 3.8) is 0 Å². The van der Waals surface area contributed by atoms with Crippen molar-refractivity contribution in [3.05, 3.63) is 0 Å². The SMILES string of the molecule is CCC(C)C(=O)NCCCCC(=O)OCC1CCC2OC2C1. The van der Waals surface area contributed by atoms with Crippen LogP contribution < -0.4 is 5.32 Å². The number of carbonyl (C=O) groups excluding carboxylic acids is 2. The zero-order valence-electron chi connectivity index (χ0n) is 13.8. The van der Waals surface area contributed by atoms with E-state index in [1.54, 1.807) is 0 Å². The molecule has 0 bridgehead atoms. The van der Waals surface area contributed by atoms with E-state index in [4.69, 9.17) is 9.47 Å². The first-order valence-corrected chi connectivity index (χ1v) is 8.69. The first-order valence-electron chi connectivity index (χ1n) is 8.69. The second-order valence-corrected chi connectivity index (χ2v) is 6.63. The van der Waals surface area contributed by atoms with Gasteiger partial charge < -0.3 is 14.8 Å². The molecule has 4 atom stereocenters. The molecule has 4 unspecified atom stereocenters. The molecule has 1 saturated heterocycles. The second-order valence-electron chi connectivity index (χ2n) is 6.63. The number of esters is 1. The highest BCUT2D eigenvalue weighted by Gasteiger charge is 2.43. The molecule has 5 nitrogen and oxygen atoms in total. The molecule has 1 saturated carbocycles. The Morgan fingerprint density at radius 2 is 2.09 bits per heavy atom. The van der Waals surface area contributed by atoms with Gasteiger partial charge >= 0.3 is 5.97 Å². The Bertz CT molecular complexity index is 385. The van der Waals surface area contributed by atoms with Gasteiger partial charge in [-0.3, -0.25) is 9.59 Å². The summed E-state index contributed by atoms with van der Waals surface area (Å²) in [5.74, 6) is 0.521. The number of unbranched alkanes of at least 4 members (excludes halogenated alkanes) is 1. The average Bonchev–Trinajstić information content (AvgIpc) is 3.30. The van der Waals surface area contributed by atoms with E-state index >= 15 is 0 Å². The number of hydrogen-bond donors (Lipinski definition) is 1. The Hall–Kier alpha value is -1.10. The number of hydrogen-bond acceptors (Lipinski definition) is 4. The molecule has 5 heteroatoms. The molecule has 0 aromatic heterocycles. The lowest BCUT2D eigenvalue weighted by Crippen LogP contribution is -2.29. The minimum absolute atomic E-state index is 0.0653. The van der Waals surface area contributed by atoms with Crippen LogP contribution in [0.15, 0.2) is 0 Å². The van der Waals surface area contributed by atoms with Crippen LogP contribution in [0.1, 0.15) is 58.8 Å².